The normalized spacial score (nSPS) is 10.9. The number of rotatable bonds is 2. The third-order valence-corrected chi connectivity index (χ3v) is 4.38. The zero-order valence-corrected chi connectivity index (χ0v) is 7.52. The van der Waals surface area contributed by atoms with E-state index >= 15 is 0 Å². The van der Waals surface area contributed by atoms with Gasteiger partial charge < -0.3 is 0 Å². The Morgan fingerprint density at radius 3 is 2.14 bits per heavy atom. The average Bonchev–Trinajstić information content (AvgIpc) is 1.65. The van der Waals surface area contributed by atoms with E-state index < -0.39 is 10.9 Å². The molecule has 0 saturated heterocycles. The predicted molar refractivity (Wildman–Crippen MR) is 27.6 cm³/mol. The van der Waals surface area contributed by atoms with Gasteiger partial charge in [0.2, 0.25) is 0 Å². The zero-order chi connectivity index (χ0) is 5.86. The molecule has 0 amide bonds. The SMILES string of the molecule is CC[N]([Fe])[Fe](=[S])=[S]. The van der Waals surface area contributed by atoms with Crippen molar-refractivity contribution in [2.75, 3.05) is 6.54 Å². The van der Waals surface area contributed by atoms with Crippen molar-refractivity contribution in [3.63, 3.8) is 0 Å². The Hall–Kier alpha value is 1.44. The Kier molecular flexibility index (Phi) is 5.22. The molecule has 46 valence electrons. The molecule has 0 saturated carbocycles. The molecule has 0 aliphatic rings. The predicted octanol–water partition coefficient (Wildman–Crippen LogP) is 1.53. The summed E-state index contributed by atoms with van der Waals surface area (Å²) >= 11 is 3.62. The van der Waals surface area contributed by atoms with Gasteiger partial charge in [0, 0.05) is 0 Å². The summed E-state index contributed by atoms with van der Waals surface area (Å²) in [6.45, 7) is 2.86. The summed E-state index contributed by atoms with van der Waals surface area (Å²) < 4.78 is 1.75. The van der Waals surface area contributed by atoms with Gasteiger partial charge in [-0.25, -0.2) is 0 Å². The molecule has 0 bridgehead atoms. The molecular weight excluding hydrogens is 214 g/mol. The van der Waals surface area contributed by atoms with Crippen LogP contribution in [0.15, 0.2) is 0 Å². The summed E-state index contributed by atoms with van der Waals surface area (Å²) in [4.78, 5) is 0. The van der Waals surface area contributed by atoms with Gasteiger partial charge in [0.15, 0.2) is 0 Å². The molecule has 0 aliphatic heterocycles. The fourth-order valence-electron chi connectivity index (χ4n) is 0.0913. The van der Waals surface area contributed by atoms with Gasteiger partial charge in [-0.15, -0.1) is 0 Å². The maximum absolute atomic E-state index is 4.76. The Labute approximate surface area is 64.3 Å². The van der Waals surface area contributed by atoms with Crippen LogP contribution in [0.5, 0.6) is 0 Å². The second kappa shape index (κ2) is 4.33. The van der Waals surface area contributed by atoms with Crippen LogP contribution in [0.1, 0.15) is 6.92 Å². The molecule has 0 unspecified atom stereocenters. The molecule has 0 aromatic carbocycles. The van der Waals surface area contributed by atoms with Crippen LogP contribution < -0.4 is 0 Å². The number of nitrogens with zero attached hydrogens (tertiary/aromatic N) is 1. The van der Waals surface area contributed by atoms with E-state index in [1.807, 2.05) is 6.92 Å². The van der Waals surface area contributed by atoms with Gasteiger partial charge in [0.25, 0.3) is 0 Å². The van der Waals surface area contributed by atoms with Gasteiger partial charge in [-0.2, -0.15) is 0 Å². The van der Waals surface area contributed by atoms with Crippen LogP contribution in [-0.4, -0.2) is 9.48 Å². The van der Waals surface area contributed by atoms with Crippen molar-refractivity contribution in [2.45, 2.75) is 6.92 Å². The third kappa shape index (κ3) is 3.98. The van der Waals surface area contributed by atoms with Gasteiger partial charge >= 0.3 is 64.6 Å². The molecular formula is C2H5Fe2NS2. The molecule has 0 aromatic heterocycles. The first-order valence-electron chi connectivity index (χ1n) is 1.63. The van der Waals surface area contributed by atoms with E-state index in [4.69, 9.17) is 21.1 Å². The first-order chi connectivity index (χ1) is 3.18. The molecule has 0 rings (SSSR count). The van der Waals surface area contributed by atoms with E-state index in [9.17, 15) is 0 Å². The quantitative estimate of drug-likeness (QED) is 0.648. The second-order valence-electron chi connectivity index (χ2n) is 0.784. The van der Waals surface area contributed by atoms with Crippen molar-refractivity contribution in [3.05, 3.63) is 0 Å². The number of hydrogen-bond donors (Lipinski definition) is 0. The van der Waals surface area contributed by atoms with Crippen molar-refractivity contribution < 1.29 is 27.1 Å². The molecule has 7 heavy (non-hydrogen) atoms. The molecule has 0 heterocycles. The van der Waals surface area contributed by atoms with Crippen molar-refractivity contribution in [2.24, 2.45) is 0 Å². The van der Waals surface area contributed by atoms with Crippen LogP contribution >= 0.6 is 21.1 Å². The van der Waals surface area contributed by atoms with E-state index in [0.29, 0.717) is 0 Å². The fraction of sp³-hybridized carbons (Fsp3) is 1.00. The van der Waals surface area contributed by atoms with Gasteiger partial charge in [-0.1, -0.05) is 0 Å². The maximum atomic E-state index is 4.76. The Balaban J connectivity index is 3.57. The van der Waals surface area contributed by atoms with Crippen LogP contribution in [0.2, 0.25) is 0 Å². The first kappa shape index (κ1) is 8.44. The van der Waals surface area contributed by atoms with Gasteiger partial charge in [0.05, 0.1) is 0 Å². The summed E-state index contributed by atoms with van der Waals surface area (Å²) in [5.74, 6) is 0. The Morgan fingerprint density at radius 1 is 1.71 bits per heavy atom. The first-order valence-corrected chi connectivity index (χ1v) is 5.90. The molecule has 1 nitrogen and oxygen atoms in total. The van der Waals surface area contributed by atoms with Gasteiger partial charge in [-0.3, -0.25) is 0 Å². The van der Waals surface area contributed by atoms with E-state index in [-0.39, 0.29) is 0 Å². The summed E-state index contributed by atoms with van der Waals surface area (Å²) in [5, 5.41) is 0. The van der Waals surface area contributed by atoms with Crippen LogP contribution in [0.25, 0.3) is 0 Å². The summed E-state index contributed by atoms with van der Waals surface area (Å²) in [6.07, 6.45) is 0. The third-order valence-electron chi connectivity index (χ3n) is 0.361. The second-order valence-corrected chi connectivity index (χ2v) is 5.97. The van der Waals surface area contributed by atoms with E-state index in [0.717, 1.165) is 6.54 Å². The fourth-order valence-corrected chi connectivity index (χ4v) is 1.13. The van der Waals surface area contributed by atoms with Crippen LogP contribution in [0.3, 0.4) is 0 Å². The minimum absolute atomic E-state index is 0.868. The minimum atomic E-state index is -0.924. The van der Waals surface area contributed by atoms with E-state index in [1.165, 1.54) is 0 Å². The molecule has 0 fully saturated rings. The molecule has 0 N–H and O–H groups in total. The van der Waals surface area contributed by atoms with Crippen molar-refractivity contribution in [1.82, 2.24) is 2.93 Å². The van der Waals surface area contributed by atoms with Gasteiger partial charge in [-0.05, 0) is 0 Å². The van der Waals surface area contributed by atoms with Crippen molar-refractivity contribution >= 4 is 21.1 Å². The van der Waals surface area contributed by atoms with Crippen molar-refractivity contribution in [1.29, 1.82) is 0 Å². The zero-order valence-electron chi connectivity index (χ0n) is 3.68. The monoisotopic (exact) mass is 219 g/mol. The summed E-state index contributed by atoms with van der Waals surface area (Å²) in [7, 11) is 8.60. The number of hydrogen-bond acceptors (Lipinski definition) is 2. The molecule has 0 aromatic rings. The van der Waals surface area contributed by atoms with Crippen LogP contribution in [0.4, 0.5) is 0 Å². The van der Waals surface area contributed by atoms with E-state index in [2.05, 4.69) is 16.2 Å². The van der Waals surface area contributed by atoms with Gasteiger partial charge in [0.1, 0.15) is 0 Å². The molecule has 0 aliphatic carbocycles. The van der Waals surface area contributed by atoms with E-state index in [1.54, 1.807) is 2.93 Å². The molecule has 5 heteroatoms. The Bertz CT molecular complexity index is 102. The molecule has 0 atom stereocenters. The molecule has 0 spiro atoms. The summed E-state index contributed by atoms with van der Waals surface area (Å²) in [6, 6.07) is 0. The van der Waals surface area contributed by atoms with Crippen molar-refractivity contribution in [3.8, 4) is 0 Å². The Morgan fingerprint density at radius 2 is 2.14 bits per heavy atom. The summed E-state index contributed by atoms with van der Waals surface area (Å²) in [5.41, 5.74) is 0. The van der Waals surface area contributed by atoms with Crippen LogP contribution in [0, 0.1) is 0 Å². The average molecular weight is 219 g/mol. The topological polar surface area (TPSA) is 3.24 Å². The van der Waals surface area contributed by atoms with Crippen LogP contribution in [-0.2, 0) is 27.1 Å². The standard InChI is InChI=1S/C2H5N.2Fe.2S/c1-2-3;;;;/h2H2,1H3;;;;. The molecule has 0 radical (unpaired) electrons.